The van der Waals surface area contributed by atoms with E-state index >= 15 is 0 Å². The number of fused-ring (bicyclic) bond motifs is 3. The van der Waals surface area contributed by atoms with Crippen molar-refractivity contribution in [3.8, 4) is 0 Å². The van der Waals surface area contributed by atoms with Crippen molar-refractivity contribution in [1.82, 2.24) is 14.7 Å². The molecule has 1 fully saturated rings. The molecule has 0 aromatic heterocycles. The van der Waals surface area contributed by atoms with E-state index in [4.69, 9.17) is 4.74 Å². The average Bonchev–Trinajstić information content (AvgIpc) is 3.15. The van der Waals surface area contributed by atoms with Gasteiger partial charge >= 0.3 is 6.03 Å². The van der Waals surface area contributed by atoms with Crippen LogP contribution in [0.15, 0.2) is 53.7 Å². The Hall–Kier alpha value is -3.09. The molecule has 0 aliphatic carbocycles. The van der Waals surface area contributed by atoms with Crippen LogP contribution in [0.5, 0.6) is 0 Å². The number of hydrogen-bond acceptors (Lipinski definition) is 5. The molecule has 0 radical (unpaired) electrons. The summed E-state index contributed by atoms with van der Waals surface area (Å²) in [6, 6.07) is 8.98. The number of amidine groups is 1. The Morgan fingerprint density at radius 3 is 2.68 bits per heavy atom. The largest absolute Gasteiger partial charge is 0.423 e. The fourth-order valence-corrected chi connectivity index (χ4v) is 3.23. The lowest BCUT2D eigenvalue weighted by atomic mass is 10.1. The molecule has 1 saturated heterocycles. The minimum absolute atomic E-state index is 0.199. The summed E-state index contributed by atoms with van der Waals surface area (Å²) in [5, 5.41) is 0. The minimum Gasteiger partial charge on any atom is -0.423 e. The first kappa shape index (κ1) is 15.4. The first-order valence-corrected chi connectivity index (χ1v) is 8.01. The lowest BCUT2D eigenvalue weighted by Crippen LogP contribution is -2.64. The van der Waals surface area contributed by atoms with Gasteiger partial charge in [0.15, 0.2) is 18.0 Å². The van der Waals surface area contributed by atoms with Gasteiger partial charge in [-0.15, -0.1) is 0 Å². The number of urea groups is 1. The summed E-state index contributed by atoms with van der Waals surface area (Å²) in [6.45, 7) is 5.79. The molecule has 3 aliphatic heterocycles. The van der Waals surface area contributed by atoms with Gasteiger partial charge in [-0.05, 0) is 6.92 Å². The van der Waals surface area contributed by atoms with Gasteiger partial charge < -0.3 is 9.64 Å². The first-order chi connectivity index (χ1) is 12.0. The zero-order valence-electron chi connectivity index (χ0n) is 14.0. The van der Waals surface area contributed by atoms with E-state index < -0.39 is 12.2 Å². The van der Waals surface area contributed by atoms with Crippen LogP contribution in [0.1, 0.15) is 12.5 Å². The molecular formula is C18H18N4O3. The highest BCUT2D eigenvalue weighted by Gasteiger charge is 2.54. The molecule has 3 heterocycles. The van der Waals surface area contributed by atoms with Crippen molar-refractivity contribution in [2.45, 2.75) is 19.1 Å². The number of benzene rings is 1. The van der Waals surface area contributed by atoms with Gasteiger partial charge in [-0.3, -0.25) is 14.6 Å². The third-order valence-corrected chi connectivity index (χ3v) is 4.44. The van der Waals surface area contributed by atoms with Crippen LogP contribution in [-0.2, 0) is 9.53 Å². The van der Waals surface area contributed by atoms with Crippen LogP contribution >= 0.6 is 0 Å². The fourth-order valence-electron chi connectivity index (χ4n) is 3.23. The van der Waals surface area contributed by atoms with E-state index in [2.05, 4.69) is 11.6 Å². The van der Waals surface area contributed by atoms with Gasteiger partial charge in [0.25, 0.3) is 11.9 Å². The normalized spacial score (nSPS) is 24.6. The summed E-state index contributed by atoms with van der Waals surface area (Å²) in [5.74, 6) is 0.348. The molecule has 7 nitrogen and oxygen atoms in total. The van der Waals surface area contributed by atoms with Crippen LogP contribution in [0, 0.1) is 0 Å². The summed E-state index contributed by atoms with van der Waals surface area (Å²) in [4.78, 5) is 34.2. The van der Waals surface area contributed by atoms with E-state index in [9.17, 15) is 9.59 Å². The van der Waals surface area contributed by atoms with Crippen molar-refractivity contribution in [3.63, 3.8) is 0 Å². The Bertz CT molecular complexity index is 830. The van der Waals surface area contributed by atoms with Gasteiger partial charge in [-0.2, -0.15) is 0 Å². The van der Waals surface area contributed by atoms with Crippen LogP contribution in [0.25, 0.3) is 5.76 Å². The lowest BCUT2D eigenvalue weighted by Gasteiger charge is -2.39. The number of ether oxygens (including phenoxy) is 1. The lowest BCUT2D eigenvalue weighted by molar-refractivity contribution is -0.136. The SMILES string of the molecule is C=C(C)CN1C(=O)C2C(N=C3OC(c4ccccc4)=CN32)N(C)C1=O. The highest BCUT2D eigenvalue weighted by molar-refractivity contribution is 6.05. The van der Waals surface area contributed by atoms with Crippen molar-refractivity contribution in [1.29, 1.82) is 0 Å². The van der Waals surface area contributed by atoms with Crippen molar-refractivity contribution >= 4 is 23.7 Å². The summed E-state index contributed by atoms with van der Waals surface area (Å²) < 4.78 is 5.82. The van der Waals surface area contributed by atoms with Gasteiger partial charge in [0.1, 0.15) is 0 Å². The molecule has 0 spiro atoms. The molecule has 2 unspecified atom stereocenters. The third kappa shape index (κ3) is 2.31. The van der Waals surface area contributed by atoms with Crippen molar-refractivity contribution < 1.29 is 14.3 Å². The summed E-state index contributed by atoms with van der Waals surface area (Å²) >= 11 is 0. The van der Waals surface area contributed by atoms with Crippen LogP contribution in [0.2, 0.25) is 0 Å². The molecule has 128 valence electrons. The molecule has 3 aliphatic rings. The highest BCUT2D eigenvalue weighted by Crippen LogP contribution is 2.35. The van der Waals surface area contributed by atoms with Crippen molar-refractivity contribution in [2.75, 3.05) is 13.6 Å². The molecule has 7 heteroatoms. The predicted molar refractivity (Wildman–Crippen MR) is 92.0 cm³/mol. The molecule has 2 atom stereocenters. The second-order valence-corrected chi connectivity index (χ2v) is 6.41. The predicted octanol–water partition coefficient (Wildman–Crippen LogP) is 1.85. The van der Waals surface area contributed by atoms with E-state index in [1.165, 1.54) is 9.80 Å². The molecule has 1 aromatic carbocycles. The Morgan fingerprint density at radius 1 is 1.28 bits per heavy atom. The van der Waals surface area contributed by atoms with E-state index in [1.807, 2.05) is 30.3 Å². The van der Waals surface area contributed by atoms with Crippen LogP contribution in [-0.4, -0.2) is 58.5 Å². The van der Waals surface area contributed by atoms with Crippen molar-refractivity contribution in [2.24, 2.45) is 4.99 Å². The quantitative estimate of drug-likeness (QED) is 0.789. The minimum atomic E-state index is -0.613. The fraction of sp³-hybridized carbons (Fsp3) is 0.278. The molecular weight excluding hydrogens is 320 g/mol. The van der Waals surface area contributed by atoms with Gasteiger partial charge in [-0.1, -0.05) is 42.5 Å². The second-order valence-electron chi connectivity index (χ2n) is 6.41. The van der Waals surface area contributed by atoms with E-state index in [-0.39, 0.29) is 18.5 Å². The average molecular weight is 338 g/mol. The molecule has 0 saturated carbocycles. The topological polar surface area (TPSA) is 65.5 Å². The van der Waals surface area contributed by atoms with Gasteiger partial charge in [0, 0.05) is 12.6 Å². The van der Waals surface area contributed by atoms with Gasteiger partial charge in [0.05, 0.1) is 12.7 Å². The van der Waals surface area contributed by atoms with E-state index in [1.54, 1.807) is 25.1 Å². The Morgan fingerprint density at radius 2 is 2.00 bits per heavy atom. The molecule has 0 bridgehead atoms. The van der Waals surface area contributed by atoms with Crippen molar-refractivity contribution in [3.05, 3.63) is 54.2 Å². The Kier molecular flexibility index (Phi) is 3.38. The van der Waals surface area contributed by atoms with Crippen LogP contribution in [0.4, 0.5) is 4.79 Å². The second kappa shape index (κ2) is 5.47. The number of nitrogens with zero attached hydrogens (tertiary/aromatic N) is 4. The molecule has 0 N–H and O–H groups in total. The molecule has 3 amide bonds. The third-order valence-electron chi connectivity index (χ3n) is 4.44. The Labute approximate surface area is 145 Å². The zero-order valence-corrected chi connectivity index (χ0v) is 14.0. The van der Waals surface area contributed by atoms with Crippen LogP contribution < -0.4 is 0 Å². The van der Waals surface area contributed by atoms with Gasteiger partial charge in [0.2, 0.25) is 0 Å². The summed E-state index contributed by atoms with van der Waals surface area (Å²) in [6.07, 6.45) is 1.20. The monoisotopic (exact) mass is 338 g/mol. The maximum atomic E-state index is 12.9. The standard InChI is InChI=1S/C18H18N4O3/c1-11(2)9-22-16(23)14-15(20(3)18(22)24)19-17-21(14)10-13(25-17)12-7-5-4-6-8-12/h4-8,10,14-15H,1,9H2,2-3H3. The number of amides is 3. The van der Waals surface area contributed by atoms with E-state index in [0.717, 1.165) is 11.1 Å². The molecule has 25 heavy (non-hydrogen) atoms. The first-order valence-electron chi connectivity index (χ1n) is 8.01. The number of rotatable bonds is 3. The maximum Gasteiger partial charge on any atom is 0.328 e. The molecule has 1 aromatic rings. The summed E-state index contributed by atoms with van der Waals surface area (Å²) in [5.41, 5.74) is 1.65. The van der Waals surface area contributed by atoms with E-state index in [0.29, 0.717) is 11.8 Å². The van der Waals surface area contributed by atoms with Crippen LogP contribution in [0.3, 0.4) is 0 Å². The Balaban J connectivity index is 1.67. The highest BCUT2D eigenvalue weighted by atomic mass is 16.5. The smallest absolute Gasteiger partial charge is 0.328 e. The number of likely N-dealkylation sites (N-methyl/N-ethyl adjacent to an activating group) is 1. The molecule has 4 rings (SSSR count). The number of hydrogen-bond donors (Lipinski definition) is 0. The zero-order chi connectivity index (χ0) is 17.7. The number of imide groups is 1. The maximum absolute atomic E-state index is 12.9. The van der Waals surface area contributed by atoms with Gasteiger partial charge in [-0.25, -0.2) is 9.79 Å². The number of carbonyl (C=O) groups excluding carboxylic acids is 2. The summed E-state index contributed by atoms with van der Waals surface area (Å²) in [7, 11) is 1.64. The number of aliphatic imine (C=N–C) groups is 1. The number of carbonyl (C=O) groups is 2.